The number of carbonyl (C=O) groups excluding carboxylic acids is 1. The Kier molecular flexibility index (Phi) is 2.72. The summed E-state index contributed by atoms with van der Waals surface area (Å²) in [7, 11) is 0. The zero-order valence-electron chi connectivity index (χ0n) is 6.74. The maximum absolute atomic E-state index is 12.2. The lowest BCUT2D eigenvalue weighted by Gasteiger charge is -2.03. The monoisotopic (exact) mass is 198 g/mol. The van der Waals surface area contributed by atoms with Gasteiger partial charge in [-0.15, -0.1) is 0 Å². The van der Waals surface area contributed by atoms with Gasteiger partial charge in [0.05, 0.1) is 5.56 Å². The van der Waals surface area contributed by atoms with E-state index in [9.17, 15) is 13.6 Å². The molecule has 0 fully saturated rings. The summed E-state index contributed by atoms with van der Waals surface area (Å²) in [5.41, 5.74) is -1.65. The number of carbonyl (C=O) groups is 1. The lowest BCUT2D eigenvalue weighted by Crippen LogP contribution is -1.98. The number of nitrogens with zero attached hydrogens (tertiary/aromatic N) is 2. The highest BCUT2D eigenvalue weighted by molar-refractivity contribution is 5.78. The Morgan fingerprint density at radius 2 is 2.29 bits per heavy atom. The van der Waals surface area contributed by atoms with Crippen molar-refractivity contribution in [3.63, 3.8) is 0 Å². The highest BCUT2D eigenvalue weighted by Gasteiger charge is 2.16. The first kappa shape index (κ1) is 10.1. The first-order chi connectivity index (χ1) is 6.60. The summed E-state index contributed by atoms with van der Waals surface area (Å²) >= 11 is 0. The average Bonchev–Trinajstić information content (AvgIpc) is 2.17. The van der Waals surface area contributed by atoms with Crippen molar-refractivity contribution < 1.29 is 18.7 Å². The second-order valence-electron chi connectivity index (χ2n) is 2.36. The standard InChI is InChI=1S/C8H4F2N2O2/c9-8(10)5-1-4(2-11)7(14)6(3-13)12-5/h1,3,8,14H. The van der Waals surface area contributed by atoms with Crippen molar-refractivity contribution in [1.29, 1.82) is 5.26 Å². The summed E-state index contributed by atoms with van der Waals surface area (Å²) in [6.07, 6.45) is -2.77. The molecule has 1 aromatic heterocycles. The van der Waals surface area contributed by atoms with Crippen LogP contribution in [-0.2, 0) is 0 Å². The molecular formula is C8H4F2N2O2. The van der Waals surface area contributed by atoms with Crippen molar-refractivity contribution in [2.24, 2.45) is 0 Å². The smallest absolute Gasteiger partial charge is 0.280 e. The molecule has 0 aliphatic rings. The normalized spacial score (nSPS) is 9.86. The largest absolute Gasteiger partial charge is 0.504 e. The fourth-order valence-corrected chi connectivity index (χ4v) is 0.858. The lowest BCUT2D eigenvalue weighted by molar-refractivity contribution is 0.111. The molecule has 4 nitrogen and oxygen atoms in total. The molecule has 0 saturated heterocycles. The summed E-state index contributed by atoms with van der Waals surface area (Å²) in [6.45, 7) is 0. The summed E-state index contributed by atoms with van der Waals surface area (Å²) in [4.78, 5) is 13.5. The molecule has 1 heterocycles. The molecule has 0 bridgehead atoms. The number of rotatable bonds is 2. The van der Waals surface area contributed by atoms with Crippen LogP contribution in [0.5, 0.6) is 5.75 Å². The molecule has 0 atom stereocenters. The van der Waals surface area contributed by atoms with E-state index in [2.05, 4.69) is 4.98 Å². The Hall–Kier alpha value is -2.03. The number of aldehydes is 1. The van der Waals surface area contributed by atoms with Gasteiger partial charge in [-0.05, 0) is 6.07 Å². The van der Waals surface area contributed by atoms with Gasteiger partial charge in [-0.25, -0.2) is 13.8 Å². The Morgan fingerprint density at radius 1 is 1.64 bits per heavy atom. The molecule has 0 amide bonds. The van der Waals surface area contributed by atoms with Gasteiger partial charge in [0.2, 0.25) is 0 Å². The molecule has 0 spiro atoms. The number of halogens is 2. The zero-order chi connectivity index (χ0) is 10.7. The van der Waals surface area contributed by atoms with E-state index in [0.717, 1.165) is 6.07 Å². The van der Waals surface area contributed by atoms with E-state index >= 15 is 0 Å². The van der Waals surface area contributed by atoms with E-state index in [1.165, 1.54) is 6.07 Å². The van der Waals surface area contributed by atoms with Crippen LogP contribution in [0.2, 0.25) is 0 Å². The van der Waals surface area contributed by atoms with Crippen molar-refractivity contribution >= 4 is 6.29 Å². The fraction of sp³-hybridized carbons (Fsp3) is 0.125. The topological polar surface area (TPSA) is 74.0 Å². The van der Waals surface area contributed by atoms with Crippen LogP contribution >= 0.6 is 0 Å². The molecule has 0 unspecified atom stereocenters. The lowest BCUT2D eigenvalue weighted by atomic mass is 10.2. The van der Waals surface area contributed by atoms with Gasteiger partial charge < -0.3 is 5.11 Å². The van der Waals surface area contributed by atoms with Crippen molar-refractivity contribution in [3.8, 4) is 11.8 Å². The predicted molar refractivity (Wildman–Crippen MR) is 41.0 cm³/mol. The molecule has 0 aromatic carbocycles. The van der Waals surface area contributed by atoms with Crippen LogP contribution < -0.4 is 0 Å². The van der Waals surface area contributed by atoms with Crippen LogP contribution in [0.25, 0.3) is 0 Å². The second-order valence-corrected chi connectivity index (χ2v) is 2.36. The van der Waals surface area contributed by atoms with Gasteiger partial charge in [0.1, 0.15) is 17.5 Å². The number of hydrogen-bond donors (Lipinski definition) is 1. The van der Waals surface area contributed by atoms with Gasteiger partial charge in [-0.2, -0.15) is 5.26 Å². The van der Waals surface area contributed by atoms with Crippen LogP contribution in [0.3, 0.4) is 0 Å². The van der Waals surface area contributed by atoms with Crippen molar-refractivity contribution in [2.75, 3.05) is 0 Å². The molecular weight excluding hydrogens is 194 g/mol. The fourth-order valence-electron chi connectivity index (χ4n) is 0.858. The molecule has 0 aliphatic carbocycles. The maximum atomic E-state index is 12.2. The molecule has 72 valence electrons. The minimum Gasteiger partial charge on any atom is -0.504 e. The van der Waals surface area contributed by atoms with Crippen LogP contribution in [-0.4, -0.2) is 16.4 Å². The number of pyridine rings is 1. The van der Waals surface area contributed by atoms with Gasteiger partial charge in [0.25, 0.3) is 6.43 Å². The highest BCUT2D eigenvalue weighted by Crippen LogP contribution is 2.24. The molecule has 0 radical (unpaired) electrons. The van der Waals surface area contributed by atoms with E-state index < -0.39 is 29.1 Å². The van der Waals surface area contributed by atoms with Crippen LogP contribution in [0.15, 0.2) is 6.07 Å². The highest BCUT2D eigenvalue weighted by atomic mass is 19.3. The van der Waals surface area contributed by atoms with Gasteiger partial charge in [-0.1, -0.05) is 0 Å². The third kappa shape index (κ3) is 1.66. The summed E-state index contributed by atoms with van der Waals surface area (Å²) in [5, 5.41) is 17.6. The Labute approximate surface area is 77.4 Å². The summed E-state index contributed by atoms with van der Waals surface area (Å²) in [6, 6.07) is 2.23. The minimum absolute atomic E-state index is 0.113. The second kappa shape index (κ2) is 3.79. The summed E-state index contributed by atoms with van der Waals surface area (Å²) in [5.74, 6) is -0.674. The van der Waals surface area contributed by atoms with Gasteiger partial charge >= 0.3 is 0 Å². The van der Waals surface area contributed by atoms with Crippen LogP contribution in [0, 0.1) is 11.3 Å². The number of aromatic nitrogens is 1. The number of nitriles is 1. The average molecular weight is 198 g/mol. The zero-order valence-corrected chi connectivity index (χ0v) is 6.74. The minimum atomic E-state index is -2.89. The van der Waals surface area contributed by atoms with Gasteiger partial charge in [0, 0.05) is 0 Å². The van der Waals surface area contributed by atoms with Crippen LogP contribution in [0.4, 0.5) is 8.78 Å². The Morgan fingerprint density at radius 3 is 2.71 bits per heavy atom. The molecule has 1 rings (SSSR count). The van der Waals surface area contributed by atoms with Crippen molar-refractivity contribution in [3.05, 3.63) is 23.0 Å². The molecule has 6 heteroatoms. The first-order valence-corrected chi connectivity index (χ1v) is 3.47. The van der Waals surface area contributed by atoms with E-state index in [0.29, 0.717) is 0 Å². The molecule has 1 aromatic rings. The van der Waals surface area contributed by atoms with Gasteiger partial charge in [0.15, 0.2) is 12.0 Å². The Balaban J connectivity index is 3.41. The van der Waals surface area contributed by atoms with E-state index in [1.54, 1.807) is 0 Å². The number of hydrogen-bond acceptors (Lipinski definition) is 4. The van der Waals surface area contributed by atoms with Crippen LogP contribution in [0.1, 0.15) is 28.2 Å². The third-order valence-corrected chi connectivity index (χ3v) is 1.50. The maximum Gasteiger partial charge on any atom is 0.280 e. The first-order valence-electron chi connectivity index (χ1n) is 3.47. The number of alkyl halides is 2. The third-order valence-electron chi connectivity index (χ3n) is 1.50. The Bertz CT molecular complexity index is 413. The molecule has 0 aliphatic heterocycles. The van der Waals surface area contributed by atoms with E-state index in [1.807, 2.05) is 0 Å². The quantitative estimate of drug-likeness (QED) is 0.729. The summed E-state index contributed by atoms with van der Waals surface area (Å²) < 4.78 is 24.3. The predicted octanol–water partition coefficient (Wildman–Crippen LogP) is 1.41. The van der Waals surface area contributed by atoms with Gasteiger partial charge in [-0.3, -0.25) is 4.79 Å². The molecule has 1 N–H and O–H groups in total. The van der Waals surface area contributed by atoms with Crippen molar-refractivity contribution in [2.45, 2.75) is 6.43 Å². The molecule has 14 heavy (non-hydrogen) atoms. The van der Waals surface area contributed by atoms with Crippen molar-refractivity contribution in [1.82, 2.24) is 4.98 Å². The van der Waals surface area contributed by atoms with E-state index in [4.69, 9.17) is 10.4 Å². The van der Waals surface area contributed by atoms with E-state index in [-0.39, 0.29) is 6.29 Å². The SMILES string of the molecule is N#Cc1cc(C(F)F)nc(C=O)c1O. The molecule has 0 saturated carbocycles. The number of aromatic hydroxyl groups is 1.